The summed E-state index contributed by atoms with van der Waals surface area (Å²) in [6.07, 6.45) is 4.80. The Bertz CT molecular complexity index is 380. The number of hydrogen-bond acceptors (Lipinski definition) is 5. The first-order chi connectivity index (χ1) is 6.90. The molecule has 0 aliphatic heterocycles. The molecule has 0 atom stereocenters. The van der Waals surface area contributed by atoms with Gasteiger partial charge in [-0.05, 0) is 13.0 Å². The number of rotatable bonds is 4. The van der Waals surface area contributed by atoms with Crippen LogP contribution in [0.4, 0.5) is 0 Å². The first kappa shape index (κ1) is 8.89. The summed E-state index contributed by atoms with van der Waals surface area (Å²) >= 11 is 0. The monoisotopic (exact) mass is 193 g/mol. The minimum atomic E-state index is 0.537. The number of hydrogen-bond donors (Lipinski definition) is 2. The lowest BCUT2D eigenvalue weighted by atomic mass is 10.3. The molecule has 0 aliphatic carbocycles. The lowest BCUT2D eigenvalue weighted by Crippen LogP contribution is -2.00. The second-order valence-electron chi connectivity index (χ2n) is 2.87. The standard InChI is InChI=1S/C8H11N5O/c9-3-1-2-7-12-8(13-14-7)6-4-10-5-11-6/h4-5H,1-3,9H2,(H,10,11). The Hall–Kier alpha value is -1.69. The van der Waals surface area contributed by atoms with Crippen LogP contribution >= 0.6 is 0 Å². The molecule has 2 rings (SSSR count). The smallest absolute Gasteiger partial charge is 0.227 e. The number of nitrogens with zero attached hydrogens (tertiary/aromatic N) is 3. The molecule has 74 valence electrons. The van der Waals surface area contributed by atoms with Gasteiger partial charge in [0.2, 0.25) is 11.7 Å². The van der Waals surface area contributed by atoms with Crippen molar-refractivity contribution in [1.29, 1.82) is 0 Å². The van der Waals surface area contributed by atoms with Crippen LogP contribution in [0.2, 0.25) is 0 Å². The molecule has 2 heterocycles. The van der Waals surface area contributed by atoms with Gasteiger partial charge in [-0.15, -0.1) is 0 Å². The van der Waals surface area contributed by atoms with Gasteiger partial charge in [0, 0.05) is 6.42 Å². The van der Waals surface area contributed by atoms with Crippen molar-refractivity contribution in [2.75, 3.05) is 6.54 Å². The van der Waals surface area contributed by atoms with Crippen LogP contribution in [0.15, 0.2) is 17.0 Å². The van der Waals surface area contributed by atoms with E-state index in [1.54, 1.807) is 12.5 Å². The van der Waals surface area contributed by atoms with Crippen molar-refractivity contribution >= 4 is 0 Å². The van der Waals surface area contributed by atoms with Crippen molar-refractivity contribution in [2.24, 2.45) is 5.73 Å². The Labute approximate surface area is 80.5 Å². The van der Waals surface area contributed by atoms with E-state index in [9.17, 15) is 0 Å². The maximum Gasteiger partial charge on any atom is 0.227 e. The Balaban J connectivity index is 2.10. The van der Waals surface area contributed by atoms with Crippen LogP contribution < -0.4 is 5.73 Å². The van der Waals surface area contributed by atoms with Crippen LogP contribution in [-0.4, -0.2) is 26.7 Å². The van der Waals surface area contributed by atoms with E-state index in [0.29, 0.717) is 18.3 Å². The number of aromatic amines is 1. The summed E-state index contributed by atoms with van der Waals surface area (Å²) in [5.74, 6) is 1.15. The Morgan fingerprint density at radius 1 is 1.50 bits per heavy atom. The minimum Gasteiger partial charge on any atom is -0.342 e. The third-order valence-corrected chi connectivity index (χ3v) is 1.80. The van der Waals surface area contributed by atoms with Crippen LogP contribution in [0.3, 0.4) is 0 Å². The van der Waals surface area contributed by atoms with E-state index in [0.717, 1.165) is 18.5 Å². The average molecular weight is 193 g/mol. The van der Waals surface area contributed by atoms with Crippen molar-refractivity contribution in [2.45, 2.75) is 12.8 Å². The van der Waals surface area contributed by atoms with Gasteiger partial charge in [-0.1, -0.05) is 5.16 Å². The quantitative estimate of drug-likeness (QED) is 0.730. The van der Waals surface area contributed by atoms with Crippen LogP contribution in [-0.2, 0) is 6.42 Å². The van der Waals surface area contributed by atoms with Gasteiger partial charge in [0.25, 0.3) is 0 Å². The molecular weight excluding hydrogens is 182 g/mol. The third kappa shape index (κ3) is 1.80. The maximum absolute atomic E-state index is 5.37. The molecule has 0 unspecified atom stereocenters. The Morgan fingerprint density at radius 3 is 3.14 bits per heavy atom. The van der Waals surface area contributed by atoms with Crippen LogP contribution in [0.1, 0.15) is 12.3 Å². The molecule has 0 radical (unpaired) electrons. The van der Waals surface area contributed by atoms with Crippen molar-refractivity contribution in [3.63, 3.8) is 0 Å². The van der Waals surface area contributed by atoms with Crippen molar-refractivity contribution in [1.82, 2.24) is 20.1 Å². The zero-order valence-electron chi connectivity index (χ0n) is 7.60. The highest BCUT2D eigenvalue weighted by molar-refractivity contribution is 5.45. The SMILES string of the molecule is NCCCc1nc(-c2cnc[nH]2)no1. The summed E-state index contributed by atoms with van der Waals surface area (Å²) < 4.78 is 5.03. The summed E-state index contributed by atoms with van der Waals surface area (Å²) in [5.41, 5.74) is 6.13. The highest BCUT2D eigenvalue weighted by Gasteiger charge is 2.08. The van der Waals surface area contributed by atoms with E-state index in [2.05, 4.69) is 20.1 Å². The van der Waals surface area contributed by atoms with E-state index >= 15 is 0 Å². The van der Waals surface area contributed by atoms with Gasteiger partial charge in [-0.2, -0.15) is 4.98 Å². The van der Waals surface area contributed by atoms with Gasteiger partial charge in [0.05, 0.1) is 12.5 Å². The number of aromatic nitrogens is 4. The first-order valence-electron chi connectivity index (χ1n) is 4.41. The molecule has 0 fully saturated rings. The largest absolute Gasteiger partial charge is 0.342 e. The van der Waals surface area contributed by atoms with E-state index in [1.807, 2.05) is 0 Å². The molecule has 2 aromatic rings. The number of imidazole rings is 1. The van der Waals surface area contributed by atoms with Crippen molar-refractivity contribution < 1.29 is 4.52 Å². The van der Waals surface area contributed by atoms with Crippen molar-refractivity contribution in [3.8, 4) is 11.5 Å². The lowest BCUT2D eigenvalue weighted by Gasteiger charge is -1.88. The average Bonchev–Trinajstić information content (AvgIpc) is 2.85. The maximum atomic E-state index is 5.37. The summed E-state index contributed by atoms with van der Waals surface area (Å²) in [6.45, 7) is 0.627. The van der Waals surface area contributed by atoms with Gasteiger partial charge < -0.3 is 15.2 Å². The van der Waals surface area contributed by atoms with E-state index in [4.69, 9.17) is 10.3 Å². The number of nitrogens with two attached hydrogens (primary N) is 1. The molecule has 0 amide bonds. The number of nitrogens with one attached hydrogen (secondary N) is 1. The van der Waals surface area contributed by atoms with Crippen molar-refractivity contribution in [3.05, 3.63) is 18.4 Å². The van der Waals surface area contributed by atoms with Crippen LogP contribution in [0.5, 0.6) is 0 Å². The molecule has 0 aromatic carbocycles. The highest BCUT2D eigenvalue weighted by atomic mass is 16.5. The number of H-pyrrole nitrogens is 1. The molecule has 14 heavy (non-hydrogen) atoms. The fourth-order valence-corrected chi connectivity index (χ4v) is 1.10. The molecule has 0 saturated carbocycles. The van der Waals surface area contributed by atoms with E-state index in [-0.39, 0.29) is 0 Å². The second kappa shape index (κ2) is 4.01. The zero-order chi connectivity index (χ0) is 9.80. The predicted molar refractivity (Wildman–Crippen MR) is 49.3 cm³/mol. The van der Waals surface area contributed by atoms with Gasteiger partial charge in [0.15, 0.2) is 0 Å². The molecule has 0 bridgehead atoms. The molecule has 0 spiro atoms. The summed E-state index contributed by atoms with van der Waals surface area (Å²) in [7, 11) is 0. The fraction of sp³-hybridized carbons (Fsp3) is 0.375. The van der Waals surface area contributed by atoms with E-state index in [1.165, 1.54) is 0 Å². The minimum absolute atomic E-state index is 0.537. The second-order valence-corrected chi connectivity index (χ2v) is 2.87. The summed E-state index contributed by atoms with van der Waals surface area (Å²) in [6, 6.07) is 0. The molecule has 3 N–H and O–H groups in total. The third-order valence-electron chi connectivity index (χ3n) is 1.80. The first-order valence-corrected chi connectivity index (χ1v) is 4.41. The topological polar surface area (TPSA) is 93.6 Å². The highest BCUT2D eigenvalue weighted by Crippen LogP contribution is 2.11. The summed E-state index contributed by atoms with van der Waals surface area (Å²) in [4.78, 5) is 11.0. The number of aryl methyl sites for hydroxylation is 1. The Kier molecular flexibility index (Phi) is 2.55. The molecular formula is C8H11N5O. The fourth-order valence-electron chi connectivity index (χ4n) is 1.10. The lowest BCUT2D eigenvalue weighted by molar-refractivity contribution is 0.376. The van der Waals surface area contributed by atoms with E-state index < -0.39 is 0 Å². The predicted octanol–water partition coefficient (Wildman–Crippen LogP) is 0.351. The normalized spacial score (nSPS) is 10.6. The summed E-state index contributed by atoms with van der Waals surface area (Å²) in [5, 5.41) is 3.81. The van der Waals surface area contributed by atoms with Crippen LogP contribution in [0.25, 0.3) is 11.5 Å². The van der Waals surface area contributed by atoms with Gasteiger partial charge >= 0.3 is 0 Å². The van der Waals surface area contributed by atoms with Gasteiger partial charge in [-0.3, -0.25) is 0 Å². The molecule has 2 aromatic heterocycles. The van der Waals surface area contributed by atoms with Gasteiger partial charge in [-0.25, -0.2) is 4.98 Å². The molecule has 6 heteroatoms. The Morgan fingerprint density at radius 2 is 2.43 bits per heavy atom. The van der Waals surface area contributed by atoms with Gasteiger partial charge in [0.1, 0.15) is 5.69 Å². The molecule has 0 aliphatic rings. The molecule has 0 saturated heterocycles. The van der Waals surface area contributed by atoms with Crippen LogP contribution in [0, 0.1) is 0 Å². The zero-order valence-corrected chi connectivity index (χ0v) is 7.60. The molecule has 6 nitrogen and oxygen atoms in total.